The molecule has 0 aliphatic heterocycles. The van der Waals surface area contributed by atoms with Gasteiger partial charge in [-0.15, -0.1) is 0 Å². The molecule has 2 aromatic rings. The van der Waals surface area contributed by atoms with Crippen molar-refractivity contribution in [2.45, 2.75) is 45.7 Å². The molecule has 0 amide bonds. The minimum Gasteiger partial charge on any atom is -0.494 e. The number of benzene rings is 1. The van der Waals surface area contributed by atoms with Crippen molar-refractivity contribution in [1.82, 2.24) is 9.13 Å². The van der Waals surface area contributed by atoms with Crippen LogP contribution in [0.5, 0.6) is 5.88 Å². The molecule has 0 radical (unpaired) electrons. The zero-order valence-corrected chi connectivity index (χ0v) is 12.9. The highest BCUT2D eigenvalue weighted by molar-refractivity contribution is 5.17. The quantitative estimate of drug-likeness (QED) is 0.798. The number of hydrogen-bond donors (Lipinski definition) is 1. The third-order valence-electron chi connectivity index (χ3n) is 3.68. The summed E-state index contributed by atoms with van der Waals surface area (Å²) in [6.07, 6.45) is 3.97. The van der Waals surface area contributed by atoms with Crippen LogP contribution < -0.4 is 11.2 Å². The van der Waals surface area contributed by atoms with Crippen molar-refractivity contribution in [3.05, 3.63) is 62.8 Å². The Balaban J connectivity index is 2.27. The van der Waals surface area contributed by atoms with E-state index in [0.29, 0.717) is 6.54 Å². The predicted octanol–water partition coefficient (Wildman–Crippen LogP) is 2.34. The highest BCUT2D eigenvalue weighted by Crippen LogP contribution is 2.07. The van der Waals surface area contributed by atoms with E-state index in [2.05, 4.69) is 6.92 Å². The average Bonchev–Trinajstić information content (AvgIpc) is 2.51. The van der Waals surface area contributed by atoms with Crippen molar-refractivity contribution >= 4 is 0 Å². The van der Waals surface area contributed by atoms with Gasteiger partial charge in [0, 0.05) is 6.54 Å². The van der Waals surface area contributed by atoms with Crippen LogP contribution in [-0.4, -0.2) is 14.2 Å². The molecule has 1 heterocycles. The summed E-state index contributed by atoms with van der Waals surface area (Å²) in [7, 11) is 0. The first kappa shape index (κ1) is 16.1. The van der Waals surface area contributed by atoms with Crippen LogP contribution in [0, 0.1) is 0 Å². The molecule has 22 heavy (non-hydrogen) atoms. The second-order valence-electron chi connectivity index (χ2n) is 5.41. The Labute approximate surface area is 129 Å². The standard InChI is InChI=1S/C17H22N2O3/c1-2-3-4-8-11-18-15(20)12-16(21)19(17(18)22)13-14-9-6-5-7-10-14/h5-7,9-10,12,21H,2-4,8,11,13H2,1H3. The maximum atomic E-state index is 12.4. The normalized spacial score (nSPS) is 10.8. The monoisotopic (exact) mass is 302 g/mol. The van der Waals surface area contributed by atoms with E-state index in [9.17, 15) is 14.7 Å². The number of unbranched alkanes of at least 4 members (excludes halogenated alkanes) is 3. The summed E-state index contributed by atoms with van der Waals surface area (Å²) in [6.45, 7) is 2.76. The van der Waals surface area contributed by atoms with Crippen LogP contribution in [-0.2, 0) is 13.1 Å². The fourth-order valence-corrected chi connectivity index (χ4v) is 2.42. The molecule has 5 heteroatoms. The molecule has 0 saturated carbocycles. The summed E-state index contributed by atoms with van der Waals surface area (Å²) < 4.78 is 2.44. The maximum absolute atomic E-state index is 12.4. The van der Waals surface area contributed by atoms with Gasteiger partial charge in [0.05, 0.1) is 12.6 Å². The number of aromatic nitrogens is 2. The zero-order chi connectivity index (χ0) is 15.9. The molecule has 0 unspecified atom stereocenters. The Bertz CT molecular complexity index is 717. The average molecular weight is 302 g/mol. The molecule has 0 bridgehead atoms. The molecule has 1 N–H and O–H groups in total. The Kier molecular flexibility index (Phi) is 5.58. The minimum absolute atomic E-state index is 0.251. The molecule has 0 spiro atoms. The molecule has 0 atom stereocenters. The van der Waals surface area contributed by atoms with E-state index in [1.807, 2.05) is 30.3 Å². The lowest BCUT2D eigenvalue weighted by Crippen LogP contribution is -2.39. The molecule has 5 nitrogen and oxygen atoms in total. The molecule has 2 rings (SSSR count). The molecule has 0 fully saturated rings. The SMILES string of the molecule is CCCCCCn1c(=O)cc(O)n(Cc2ccccc2)c1=O. The summed E-state index contributed by atoms with van der Waals surface area (Å²) in [4.78, 5) is 24.4. The molecule has 0 saturated heterocycles. The van der Waals surface area contributed by atoms with Gasteiger partial charge in [0.15, 0.2) is 0 Å². The van der Waals surface area contributed by atoms with Gasteiger partial charge in [0.2, 0.25) is 5.88 Å². The lowest BCUT2D eigenvalue weighted by atomic mass is 10.2. The largest absolute Gasteiger partial charge is 0.494 e. The van der Waals surface area contributed by atoms with Crippen LogP contribution >= 0.6 is 0 Å². The first-order valence-electron chi connectivity index (χ1n) is 7.71. The second-order valence-corrected chi connectivity index (χ2v) is 5.41. The minimum atomic E-state index is -0.453. The highest BCUT2D eigenvalue weighted by Gasteiger charge is 2.10. The Morgan fingerprint density at radius 1 is 1.00 bits per heavy atom. The molecule has 0 aliphatic carbocycles. The van der Waals surface area contributed by atoms with Crippen molar-refractivity contribution in [1.29, 1.82) is 0 Å². The van der Waals surface area contributed by atoms with Crippen LogP contribution in [0.3, 0.4) is 0 Å². The number of rotatable bonds is 7. The van der Waals surface area contributed by atoms with Crippen LogP contribution in [0.1, 0.15) is 38.2 Å². The van der Waals surface area contributed by atoms with Crippen LogP contribution in [0.4, 0.5) is 0 Å². The fraction of sp³-hybridized carbons (Fsp3) is 0.412. The maximum Gasteiger partial charge on any atom is 0.334 e. The zero-order valence-electron chi connectivity index (χ0n) is 12.9. The first-order valence-corrected chi connectivity index (χ1v) is 7.71. The summed E-state index contributed by atoms with van der Waals surface area (Å²) in [5.74, 6) is -0.288. The van der Waals surface area contributed by atoms with Gasteiger partial charge in [-0.2, -0.15) is 0 Å². The molecule has 1 aromatic heterocycles. The van der Waals surface area contributed by atoms with Gasteiger partial charge in [-0.1, -0.05) is 56.5 Å². The third-order valence-corrected chi connectivity index (χ3v) is 3.68. The lowest BCUT2D eigenvalue weighted by Gasteiger charge is -2.12. The molecule has 0 aliphatic rings. The first-order chi connectivity index (χ1) is 10.6. The Morgan fingerprint density at radius 3 is 2.41 bits per heavy atom. The topological polar surface area (TPSA) is 64.2 Å². The smallest absolute Gasteiger partial charge is 0.334 e. The number of nitrogens with zero attached hydrogens (tertiary/aromatic N) is 2. The van der Waals surface area contributed by atoms with Crippen molar-refractivity contribution in [2.24, 2.45) is 0 Å². The summed E-state index contributed by atoms with van der Waals surface area (Å²) >= 11 is 0. The van der Waals surface area contributed by atoms with E-state index in [1.165, 1.54) is 9.13 Å². The van der Waals surface area contributed by atoms with Gasteiger partial charge in [-0.25, -0.2) is 4.79 Å². The van der Waals surface area contributed by atoms with E-state index in [-0.39, 0.29) is 12.4 Å². The molecule has 1 aromatic carbocycles. The lowest BCUT2D eigenvalue weighted by molar-refractivity contribution is 0.395. The predicted molar refractivity (Wildman–Crippen MR) is 86.3 cm³/mol. The van der Waals surface area contributed by atoms with E-state index in [0.717, 1.165) is 37.3 Å². The van der Waals surface area contributed by atoms with Gasteiger partial charge >= 0.3 is 5.69 Å². The molecular weight excluding hydrogens is 280 g/mol. The van der Waals surface area contributed by atoms with E-state index < -0.39 is 11.2 Å². The van der Waals surface area contributed by atoms with Gasteiger partial charge in [0.25, 0.3) is 5.56 Å². The summed E-state index contributed by atoms with van der Waals surface area (Å²) in [6, 6.07) is 10.5. The number of hydrogen-bond acceptors (Lipinski definition) is 3. The Morgan fingerprint density at radius 2 is 1.73 bits per heavy atom. The van der Waals surface area contributed by atoms with Gasteiger partial charge < -0.3 is 5.11 Å². The second kappa shape index (κ2) is 7.64. The summed E-state index contributed by atoms with van der Waals surface area (Å²) in [5.41, 5.74) is 0.00439. The van der Waals surface area contributed by atoms with Crippen LogP contribution in [0.15, 0.2) is 46.0 Å². The van der Waals surface area contributed by atoms with Gasteiger partial charge in [0.1, 0.15) is 0 Å². The van der Waals surface area contributed by atoms with Gasteiger partial charge in [-0.05, 0) is 12.0 Å². The number of aromatic hydroxyl groups is 1. The third kappa shape index (κ3) is 3.87. The molecular formula is C17H22N2O3. The van der Waals surface area contributed by atoms with E-state index in [1.54, 1.807) is 0 Å². The van der Waals surface area contributed by atoms with Crippen molar-refractivity contribution in [2.75, 3.05) is 0 Å². The Hall–Kier alpha value is -2.30. The van der Waals surface area contributed by atoms with Crippen molar-refractivity contribution < 1.29 is 5.11 Å². The van der Waals surface area contributed by atoms with Gasteiger partial charge in [-0.3, -0.25) is 13.9 Å². The van der Waals surface area contributed by atoms with E-state index >= 15 is 0 Å². The van der Waals surface area contributed by atoms with Crippen molar-refractivity contribution in [3.63, 3.8) is 0 Å². The van der Waals surface area contributed by atoms with Crippen molar-refractivity contribution in [3.8, 4) is 5.88 Å². The van der Waals surface area contributed by atoms with E-state index in [4.69, 9.17) is 0 Å². The molecule has 118 valence electrons. The van der Waals surface area contributed by atoms with Crippen LogP contribution in [0.25, 0.3) is 0 Å². The van der Waals surface area contributed by atoms with Crippen LogP contribution in [0.2, 0.25) is 0 Å². The fourth-order valence-electron chi connectivity index (χ4n) is 2.42. The summed E-state index contributed by atoms with van der Waals surface area (Å²) in [5, 5.41) is 9.92. The highest BCUT2D eigenvalue weighted by atomic mass is 16.3.